The molecule has 3 heteroatoms. The van der Waals surface area contributed by atoms with Crippen LogP contribution in [-0.2, 0) is 9.53 Å². The summed E-state index contributed by atoms with van der Waals surface area (Å²) in [5, 5.41) is 8.33. The fourth-order valence-corrected chi connectivity index (χ4v) is 0.485. The van der Waals surface area contributed by atoms with Crippen LogP contribution in [0.5, 0.6) is 0 Å². The summed E-state index contributed by atoms with van der Waals surface area (Å²) in [5.74, 6) is 0.143. The Kier molecular flexibility index (Phi) is 51.3. The summed E-state index contributed by atoms with van der Waals surface area (Å²) in [5.41, 5.74) is 0. The summed E-state index contributed by atoms with van der Waals surface area (Å²) < 4.78 is 5.00. The number of carbonyl (C=O) groups is 1. The van der Waals surface area contributed by atoms with Crippen molar-refractivity contribution in [2.45, 2.75) is 80.6 Å². The number of Topliss-reactive ketones (excluding diaryl/α,β-unsaturated/α-hetero) is 1. The van der Waals surface area contributed by atoms with E-state index in [1.54, 1.807) is 0 Å². The van der Waals surface area contributed by atoms with Crippen LogP contribution in [-0.4, -0.2) is 30.7 Å². The van der Waals surface area contributed by atoms with Crippen LogP contribution >= 0.6 is 0 Å². The second kappa shape index (κ2) is 36.0. The van der Waals surface area contributed by atoms with Gasteiger partial charge in [-0.25, -0.2) is 0 Å². The number of ketones is 1. The van der Waals surface area contributed by atoms with Gasteiger partial charge in [0, 0.05) is 19.6 Å². The summed E-state index contributed by atoms with van der Waals surface area (Å²) in [6, 6.07) is 0. The molecule has 0 aliphatic rings. The molecule has 0 saturated heterocycles. The second-order valence-electron chi connectivity index (χ2n) is 3.85. The van der Waals surface area contributed by atoms with Crippen molar-refractivity contribution < 1.29 is 14.6 Å². The van der Waals surface area contributed by atoms with Gasteiger partial charge < -0.3 is 9.84 Å². The molecular formula is C16H38O3. The minimum absolute atomic E-state index is 0.143. The van der Waals surface area contributed by atoms with Crippen LogP contribution in [0, 0.1) is 0 Å². The molecule has 120 valence electrons. The summed E-state index contributed by atoms with van der Waals surface area (Å²) in [4.78, 5) is 10.3. The van der Waals surface area contributed by atoms with Gasteiger partial charge in [0.25, 0.3) is 0 Å². The van der Waals surface area contributed by atoms with Crippen molar-refractivity contribution in [3.63, 3.8) is 0 Å². The predicted octanol–water partition coefficient (Wildman–Crippen LogP) is 4.61. The first-order chi connectivity index (χ1) is 9.10. The number of hydrogen-bond donors (Lipinski definition) is 1. The lowest BCUT2D eigenvalue weighted by Gasteiger charge is -1.99. The second-order valence-corrected chi connectivity index (χ2v) is 3.85. The maximum Gasteiger partial charge on any atom is 0.132 e. The average molecular weight is 278 g/mol. The largest absolute Gasteiger partial charge is 0.396 e. The molecule has 1 N–H and O–H groups in total. The van der Waals surface area contributed by atoms with Crippen LogP contribution in [0.3, 0.4) is 0 Å². The van der Waals surface area contributed by atoms with E-state index >= 15 is 0 Å². The molecule has 0 atom stereocenters. The molecule has 0 radical (unpaired) electrons. The molecule has 0 rings (SSSR count). The Morgan fingerprint density at radius 1 is 1.00 bits per heavy atom. The van der Waals surface area contributed by atoms with Crippen LogP contribution in [0.4, 0.5) is 0 Å². The molecule has 0 aliphatic heterocycles. The van der Waals surface area contributed by atoms with Gasteiger partial charge in [-0.3, -0.25) is 4.79 Å². The lowest BCUT2D eigenvalue weighted by molar-refractivity contribution is -0.118. The van der Waals surface area contributed by atoms with Crippen molar-refractivity contribution >= 4 is 5.78 Å². The number of carbonyl (C=O) groups excluding carboxylic acids is 1. The molecular weight excluding hydrogens is 240 g/mol. The van der Waals surface area contributed by atoms with E-state index in [-0.39, 0.29) is 12.4 Å². The van der Waals surface area contributed by atoms with Gasteiger partial charge in [-0.1, -0.05) is 60.8 Å². The van der Waals surface area contributed by atoms with Gasteiger partial charge >= 0.3 is 0 Å². The van der Waals surface area contributed by atoms with Crippen LogP contribution in [0.25, 0.3) is 0 Å². The summed E-state index contributed by atoms with van der Waals surface area (Å²) >= 11 is 0. The van der Waals surface area contributed by atoms with E-state index in [4.69, 9.17) is 9.84 Å². The highest BCUT2D eigenvalue weighted by atomic mass is 16.5. The van der Waals surface area contributed by atoms with Crippen LogP contribution in [0.2, 0.25) is 0 Å². The Hall–Kier alpha value is -0.410. The van der Waals surface area contributed by atoms with Crippen LogP contribution in [0.15, 0.2) is 0 Å². The average Bonchev–Trinajstić information content (AvgIpc) is 2.42. The number of aliphatic hydroxyl groups is 1. The molecule has 0 heterocycles. The van der Waals surface area contributed by atoms with Crippen molar-refractivity contribution in [3.05, 3.63) is 0 Å². The van der Waals surface area contributed by atoms with Crippen molar-refractivity contribution in [2.24, 2.45) is 0 Å². The van der Waals surface area contributed by atoms with E-state index in [2.05, 4.69) is 27.7 Å². The van der Waals surface area contributed by atoms with Crippen LogP contribution in [0.1, 0.15) is 80.6 Å². The van der Waals surface area contributed by atoms with Gasteiger partial charge in [0.1, 0.15) is 5.78 Å². The molecule has 0 bridgehead atoms. The molecule has 0 spiro atoms. The van der Waals surface area contributed by atoms with Gasteiger partial charge in [0.15, 0.2) is 0 Å². The smallest absolute Gasteiger partial charge is 0.132 e. The molecule has 19 heavy (non-hydrogen) atoms. The third-order valence-corrected chi connectivity index (χ3v) is 1.55. The molecule has 0 unspecified atom stereocenters. The van der Waals surface area contributed by atoms with E-state index in [1.807, 2.05) is 13.8 Å². The maximum atomic E-state index is 10.3. The monoisotopic (exact) mass is 278 g/mol. The van der Waals surface area contributed by atoms with E-state index in [1.165, 1.54) is 26.2 Å². The maximum absolute atomic E-state index is 10.3. The fraction of sp³-hybridized carbons (Fsp3) is 0.938. The molecule has 0 aromatic rings. The first kappa shape index (κ1) is 27.0. The fourth-order valence-electron chi connectivity index (χ4n) is 0.485. The summed E-state index contributed by atoms with van der Waals surface area (Å²) in [7, 11) is 0. The predicted molar refractivity (Wildman–Crippen MR) is 85.7 cm³/mol. The van der Waals surface area contributed by atoms with Crippen LogP contribution < -0.4 is 0 Å². The zero-order chi connectivity index (χ0) is 15.9. The number of ether oxygens (including phenoxy) is 1. The Labute approximate surface area is 121 Å². The lowest BCUT2D eigenvalue weighted by Crippen LogP contribution is -2.02. The molecule has 3 nitrogen and oxygen atoms in total. The van der Waals surface area contributed by atoms with Gasteiger partial charge in [-0.2, -0.15) is 0 Å². The van der Waals surface area contributed by atoms with E-state index in [0.717, 1.165) is 0 Å². The first-order valence-electron chi connectivity index (χ1n) is 7.78. The number of rotatable bonds is 7. The molecule has 0 fully saturated rings. The summed E-state index contributed by atoms with van der Waals surface area (Å²) in [6.45, 7) is 15.3. The van der Waals surface area contributed by atoms with Gasteiger partial charge in [-0.05, 0) is 13.3 Å². The standard InChI is InChI=1S/C7H14O3.C4H10.C3H8.C2H6/c1-7(9)3-6-10-5-2-4-8;1-3-4-2;1-3-2;1-2/h8H,2-6H2,1H3;3-4H2,1-2H3;3H2,1-2H3;1-2H3. The van der Waals surface area contributed by atoms with Crippen molar-refractivity contribution in [1.29, 1.82) is 0 Å². The topological polar surface area (TPSA) is 46.5 Å². The third kappa shape index (κ3) is 74.2. The first-order valence-corrected chi connectivity index (χ1v) is 7.78. The molecule has 0 aromatic heterocycles. The Balaban J connectivity index is -0.000000104. The Morgan fingerprint density at radius 3 is 1.68 bits per heavy atom. The van der Waals surface area contributed by atoms with Crippen molar-refractivity contribution in [3.8, 4) is 0 Å². The molecule has 0 saturated carbocycles. The molecule has 0 amide bonds. The highest BCUT2D eigenvalue weighted by Crippen LogP contribution is 1.85. The highest BCUT2D eigenvalue weighted by molar-refractivity contribution is 5.75. The number of aliphatic hydroxyl groups excluding tert-OH is 1. The minimum Gasteiger partial charge on any atom is -0.396 e. The van der Waals surface area contributed by atoms with Crippen molar-refractivity contribution in [1.82, 2.24) is 0 Å². The minimum atomic E-state index is 0.143. The Morgan fingerprint density at radius 2 is 1.42 bits per heavy atom. The van der Waals surface area contributed by atoms with E-state index in [9.17, 15) is 4.79 Å². The number of unbranched alkanes of at least 4 members (excludes halogenated alkanes) is 1. The lowest BCUT2D eigenvalue weighted by atomic mass is 10.3. The van der Waals surface area contributed by atoms with E-state index < -0.39 is 0 Å². The molecule has 0 aromatic carbocycles. The number of hydrogen-bond acceptors (Lipinski definition) is 3. The molecule has 0 aliphatic carbocycles. The SMILES string of the molecule is CC.CC(=O)CCOCCCO.CCC.CCCC. The highest BCUT2D eigenvalue weighted by Gasteiger charge is 1.91. The third-order valence-electron chi connectivity index (χ3n) is 1.55. The zero-order valence-corrected chi connectivity index (χ0v) is 14.4. The zero-order valence-electron chi connectivity index (χ0n) is 14.4. The summed E-state index contributed by atoms with van der Waals surface area (Å²) in [6.07, 6.45) is 5.02. The van der Waals surface area contributed by atoms with Gasteiger partial charge in [-0.15, -0.1) is 0 Å². The van der Waals surface area contributed by atoms with Gasteiger partial charge in [0.2, 0.25) is 0 Å². The van der Waals surface area contributed by atoms with Crippen molar-refractivity contribution in [2.75, 3.05) is 19.8 Å². The Bertz CT molecular complexity index is 123. The quantitative estimate of drug-likeness (QED) is 0.691. The normalized spacial score (nSPS) is 8.00. The van der Waals surface area contributed by atoms with E-state index in [0.29, 0.717) is 26.1 Å². The van der Waals surface area contributed by atoms with Gasteiger partial charge in [0.05, 0.1) is 6.61 Å².